The Morgan fingerprint density at radius 1 is 1.05 bits per heavy atom. The topological polar surface area (TPSA) is 58.9 Å². The highest BCUT2D eigenvalue weighted by Crippen LogP contribution is 2.43. The van der Waals surface area contributed by atoms with E-state index in [-0.39, 0.29) is 17.0 Å². The van der Waals surface area contributed by atoms with Crippen LogP contribution >= 0.6 is 0 Å². The number of aromatic nitrogens is 2. The third kappa shape index (κ3) is 4.18. The van der Waals surface area contributed by atoms with Gasteiger partial charge in [0.1, 0.15) is 25.1 Å². The van der Waals surface area contributed by atoms with E-state index < -0.39 is 51.1 Å². The first-order valence-electron chi connectivity index (χ1n) is 11.1. The summed E-state index contributed by atoms with van der Waals surface area (Å²) in [6.07, 6.45) is 1.23. The Morgan fingerprint density at radius 3 is 2.22 bits per heavy atom. The molecule has 1 aromatic carbocycles. The van der Waals surface area contributed by atoms with E-state index in [1.807, 2.05) is 6.92 Å². The number of nitrogens with one attached hydrogen (secondary N) is 1. The van der Waals surface area contributed by atoms with Gasteiger partial charge in [-0.15, -0.1) is 0 Å². The van der Waals surface area contributed by atoms with E-state index in [0.717, 1.165) is 22.6 Å². The van der Waals surface area contributed by atoms with Crippen LogP contribution in [0.25, 0.3) is 16.9 Å². The van der Waals surface area contributed by atoms with Gasteiger partial charge in [-0.25, -0.2) is 13.8 Å². The van der Waals surface area contributed by atoms with Gasteiger partial charge in [-0.05, 0) is 59.9 Å². The molecule has 14 radical (unpaired) electrons. The number of rotatable bonds is 4. The van der Waals surface area contributed by atoms with Crippen LogP contribution in [0.5, 0.6) is 0 Å². The van der Waals surface area contributed by atoms with Crippen molar-refractivity contribution in [1.29, 1.82) is 0 Å². The van der Waals surface area contributed by atoms with Crippen LogP contribution in [0.1, 0.15) is 21.6 Å². The van der Waals surface area contributed by atoms with E-state index in [1.165, 1.54) is 14.1 Å². The number of imidazole rings is 1. The molecular formula is C22H17B7F2N4O2. The van der Waals surface area contributed by atoms with Gasteiger partial charge in [-0.2, -0.15) is 0 Å². The molecule has 1 unspecified atom stereocenters. The maximum absolute atomic E-state index is 15.3. The molecule has 0 saturated carbocycles. The molecule has 172 valence electrons. The molecule has 1 aliphatic heterocycles. The fraction of sp³-hybridized carbons (Fsp3) is 0.364. The maximum atomic E-state index is 15.3. The molecule has 1 N–H and O–H groups in total. The molecule has 3 aromatic rings. The number of morpholine rings is 1. The predicted molar refractivity (Wildman–Crippen MR) is 142 cm³/mol. The number of halogens is 2. The third-order valence-corrected chi connectivity index (χ3v) is 6.84. The van der Waals surface area contributed by atoms with Crippen molar-refractivity contribution in [2.75, 3.05) is 14.1 Å². The van der Waals surface area contributed by atoms with Crippen molar-refractivity contribution in [2.24, 2.45) is 0 Å². The lowest BCUT2D eigenvalue weighted by Gasteiger charge is -2.69. The summed E-state index contributed by atoms with van der Waals surface area (Å²) in [5.41, 5.74) is -1.62. The van der Waals surface area contributed by atoms with Crippen LogP contribution in [-0.4, -0.2) is 111 Å². The summed E-state index contributed by atoms with van der Waals surface area (Å²) in [5, 5.41) is -4.06. The maximum Gasteiger partial charge on any atom is 0.251 e. The average Bonchev–Trinajstić information content (AvgIpc) is 3.12. The smallest absolute Gasteiger partial charge is 0.251 e. The molecule has 2 aromatic heterocycles. The number of carbonyl (C=O) groups is 1. The minimum Gasteiger partial charge on any atom is -0.397 e. The number of carbonyl (C=O) groups excluding carboxylic acids is 1. The van der Waals surface area contributed by atoms with Gasteiger partial charge in [0.05, 0.1) is 64.0 Å². The number of hydrogen-bond donors (Lipinski definition) is 1. The summed E-state index contributed by atoms with van der Waals surface area (Å²) in [7, 11) is 46.2. The molecule has 1 amide bonds. The van der Waals surface area contributed by atoms with Crippen molar-refractivity contribution < 1.29 is 18.3 Å². The normalized spacial score (nSPS) is 22.6. The molecule has 1 atom stereocenters. The van der Waals surface area contributed by atoms with E-state index in [4.69, 9.17) is 59.7 Å². The standard InChI is InChI=1S/C22H17B7F2N4O2/c1-10-4-5-35-14(9-19(23)20(24,25)34(3)21(26,27)22(28,29)37-19)17(33-15(35)6-10)16-12(30)7-11(8-13(16)31)18(36)32-2/h4-8H,9H2,1-3H3,(H,32,36). The van der Waals surface area contributed by atoms with Crippen LogP contribution in [0.4, 0.5) is 8.78 Å². The summed E-state index contributed by atoms with van der Waals surface area (Å²) in [4.78, 5) is 17.5. The average molecular weight is 483 g/mol. The molecule has 0 spiro atoms. The zero-order chi connectivity index (χ0) is 27.7. The summed E-state index contributed by atoms with van der Waals surface area (Å²) < 4.78 is 37.9. The van der Waals surface area contributed by atoms with Crippen LogP contribution in [0.15, 0.2) is 30.5 Å². The fourth-order valence-corrected chi connectivity index (χ4v) is 4.38. The highest BCUT2D eigenvalue weighted by molar-refractivity contribution is 6.56. The summed E-state index contributed by atoms with van der Waals surface area (Å²) >= 11 is 0. The number of amides is 1. The van der Waals surface area contributed by atoms with Gasteiger partial charge in [-0.3, -0.25) is 4.79 Å². The zero-order valence-electron chi connectivity index (χ0n) is 20.5. The van der Waals surface area contributed by atoms with Crippen LogP contribution < -0.4 is 5.32 Å². The molecule has 4 rings (SSSR count). The second-order valence-corrected chi connectivity index (χ2v) is 9.40. The van der Waals surface area contributed by atoms with Crippen LogP contribution in [0.2, 0.25) is 0 Å². The second kappa shape index (κ2) is 8.84. The summed E-state index contributed by atoms with van der Waals surface area (Å²) in [5.74, 6) is -2.73. The van der Waals surface area contributed by atoms with Crippen molar-refractivity contribution in [3.05, 3.63) is 58.9 Å². The number of benzene rings is 1. The number of aryl methyl sites for hydroxylation is 1. The highest BCUT2D eigenvalue weighted by Gasteiger charge is 2.57. The van der Waals surface area contributed by atoms with Gasteiger partial charge in [0.15, 0.2) is 0 Å². The number of likely N-dealkylation sites (N-methyl/N-ethyl adjacent to an activating group) is 1. The lowest BCUT2D eigenvalue weighted by atomic mass is 9.33. The largest absolute Gasteiger partial charge is 0.397 e. The van der Waals surface area contributed by atoms with Gasteiger partial charge in [-0.1, -0.05) is 0 Å². The van der Waals surface area contributed by atoms with Crippen molar-refractivity contribution >= 4 is 66.5 Å². The lowest BCUT2D eigenvalue weighted by molar-refractivity contribution is -0.140. The Balaban J connectivity index is 1.95. The van der Waals surface area contributed by atoms with E-state index in [1.54, 1.807) is 22.7 Å². The van der Waals surface area contributed by atoms with Crippen LogP contribution in [0, 0.1) is 18.6 Å². The Kier molecular flexibility index (Phi) is 6.60. The number of hydrogen-bond acceptors (Lipinski definition) is 4. The van der Waals surface area contributed by atoms with E-state index in [9.17, 15) is 4.79 Å². The van der Waals surface area contributed by atoms with Crippen molar-refractivity contribution in [1.82, 2.24) is 19.6 Å². The molecule has 1 aliphatic rings. The van der Waals surface area contributed by atoms with Crippen molar-refractivity contribution in [2.45, 2.75) is 34.9 Å². The van der Waals surface area contributed by atoms with Gasteiger partial charge < -0.3 is 19.4 Å². The molecule has 6 nitrogen and oxygen atoms in total. The fourth-order valence-electron chi connectivity index (χ4n) is 4.38. The predicted octanol–water partition coefficient (Wildman–Crippen LogP) is -0.711. The lowest BCUT2D eigenvalue weighted by Crippen LogP contribution is -2.85. The van der Waals surface area contributed by atoms with E-state index in [0.29, 0.717) is 5.65 Å². The van der Waals surface area contributed by atoms with Crippen molar-refractivity contribution in [3.8, 4) is 11.3 Å². The second-order valence-electron chi connectivity index (χ2n) is 9.40. The first kappa shape index (κ1) is 27.6. The molecule has 1 saturated heterocycles. The molecule has 0 bridgehead atoms. The molecule has 37 heavy (non-hydrogen) atoms. The molecule has 0 aliphatic carbocycles. The Labute approximate surface area is 223 Å². The molecule has 1 fully saturated rings. The number of ether oxygens (including phenoxy) is 1. The first-order valence-corrected chi connectivity index (χ1v) is 11.1. The number of nitrogens with zero attached hydrogens (tertiary/aromatic N) is 3. The highest BCUT2D eigenvalue weighted by atomic mass is 19.1. The third-order valence-electron chi connectivity index (χ3n) is 6.84. The molecule has 15 heteroatoms. The summed E-state index contributed by atoms with van der Waals surface area (Å²) in [6, 6.07) is 5.24. The summed E-state index contributed by atoms with van der Waals surface area (Å²) in [6.45, 7) is 1.82. The first-order chi connectivity index (χ1) is 17.0. The number of fused-ring (bicyclic) bond motifs is 1. The minimum atomic E-state index is -2.25. The Morgan fingerprint density at radius 2 is 1.65 bits per heavy atom. The van der Waals surface area contributed by atoms with Gasteiger partial charge in [0, 0.05) is 30.7 Å². The van der Waals surface area contributed by atoms with Crippen LogP contribution in [0.3, 0.4) is 0 Å². The van der Waals surface area contributed by atoms with E-state index >= 15 is 8.78 Å². The van der Waals surface area contributed by atoms with Gasteiger partial charge in [0.25, 0.3) is 5.91 Å². The Hall–Kier alpha value is -2.39. The molecule has 3 heterocycles. The van der Waals surface area contributed by atoms with Crippen molar-refractivity contribution in [3.63, 3.8) is 0 Å². The Bertz CT molecular complexity index is 1390. The number of pyridine rings is 1. The van der Waals surface area contributed by atoms with E-state index in [2.05, 4.69) is 10.3 Å². The van der Waals surface area contributed by atoms with Gasteiger partial charge >= 0.3 is 0 Å². The SMILES string of the molecule is [B]C1([B])OC([B])(Cc2c(-c3c(F)cc(C(=O)NC)cc3F)nc3cc(C)ccn23)C([B])([B])N(C)C1([B])[B]. The minimum absolute atomic E-state index is 0.132. The monoisotopic (exact) mass is 484 g/mol. The zero-order valence-corrected chi connectivity index (χ0v) is 20.5. The quantitative estimate of drug-likeness (QED) is 0.499. The molecular weight excluding hydrogens is 466 g/mol. The van der Waals surface area contributed by atoms with Crippen LogP contribution in [-0.2, 0) is 11.2 Å². The van der Waals surface area contributed by atoms with Gasteiger partial charge in [0.2, 0.25) is 0 Å².